The van der Waals surface area contributed by atoms with Gasteiger partial charge in [-0.15, -0.1) is 0 Å². The summed E-state index contributed by atoms with van der Waals surface area (Å²) in [7, 11) is 0. The van der Waals surface area contributed by atoms with Gasteiger partial charge in [0.25, 0.3) is 0 Å². The topological polar surface area (TPSA) is 98.4 Å². The van der Waals surface area contributed by atoms with Gasteiger partial charge in [0.2, 0.25) is 0 Å². The fourth-order valence-electron chi connectivity index (χ4n) is 6.52. The van der Waals surface area contributed by atoms with Crippen molar-refractivity contribution in [3.8, 4) is 28.1 Å². The van der Waals surface area contributed by atoms with E-state index in [1.807, 2.05) is 83.2 Å². The molecule has 7 rings (SSSR count). The van der Waals surface area contributed by atoms with Gasteiger partial charge in [-0.25, -0.2) is 14.2 Å². The average Bonchev–Trinajstić information content (AvgIpc) is 3.44. The Bertz CT molecular complexity index is 1870. The van der Waals surface area contributed by atoms with E-state index >= 15 is 4.39 Å². The summed E-state index contributed by atoms with van der Waals surface area (Å²) in [6.07, 6.45) is 4.71. The Balaban J connectivity index is 1.56. The Hall–Kier alpha value is -4.28. The highest BCUT2D eigenvalue weighted by molar-refractivity contribution is 5.80. The monoisotopic (exact) mass is 656 g/mol. The summed E-state index contributed by atoms with van der Waals surface area (Å²) in [6.45, 7) is 14.9. The third-order valence-electron chi connectivity index (χ3n) is 9.12. The number of hydrogen-bond acceptors (Lipinski definition) is 7. The molecule has 0 radical (unpaired) electrons. The molecular weight excluding hydrogens is 611 g/mol. The highest BCUT2D eigenvalue weighted by atomic mass is 19.1. The van der Waals surface area contributed by atoms with Gasteiger partial charge in [0.15, 0.2) is 11.8 Å². The molecule has 0 spiro atoms. The maximum Gasteiger partial charge on any atom is 0.337 e. The first-order valence-corrected chi connectivity index (χ1v) is 16.6. The highest BCUT2D eigenvalue weighted by Gasteiger charge is 2.38. The maximum absolute atomic E-state index is 15.9. The van der Waals surface area contributed by atoms with Crippen molar-refractivity contribution in [2.24, 2.45) is 0 Å². The van der Waals surface area contributed by atoms with Gasteiger partial charge < -0.3 is 24.2 Å². The number of rotatable bonds is 3. The summed E-state index contributed by atoms with van der Waals surface area (Å²) in [5.41, 5.74) is 3.49. The van der Waals surface area contributed by atoms with Crippen LogP contribution in [0.25, 0.3) is 28.0 Å². The molecule has 2 atom stereocenters. The highest BCUT2D eigenvalue weighted by Crippen LogP contribution is 2.40. The fraction of sp³-hybridized carbons (Fsp3) is 0.447. The van der Waals surface area contributed by atoms with E-state index in [0.717, 1.165) is 18.4 Å². The van der Waals surface area contributed by atoms with Crippen molar-refractivity contribution in [2.45, 2.75) is 91.1 Å². The van der Waals surface area contributed by atoms with Crippen molar-refractivity contribution in [3.05, 3.63) is 77.3 Å². The Morgan fingerprint density at radius 3 is 2.54 bits per heavy atom. The largest absolute Gasteiger partial charge is 0.490 e. The molecule has 1 fully saturated rings. The standard InChI is InChI=1S/C38H45FN4O5/c1-23-14-15-29-32(33(23)39)27-13-10-12-26(21-27)28-22-30-40-25(3)31(34(36(44)45)48-37(4,5)6)35(43(30)41-28)42-18-16-38(7,17-19-42)46-20-9-8-11-24(2)47-29/h8-10,12-15,21-22,24,34H,11,16-20H2,1-7H3,(H,44,45)/b9-8+/t24-,34-/m0/s1. The van der Waals surface area contributed by atoms with Gasteiger partial charge in [0.1, 0.15) is 17.4 Å². The minimum atomic E-state index is -1.27. The number of aromatic nitrogens is 3. The summed E-state index contributed by atoms with van der Waals surface area (Å²) in [5.74, 6) is -0.321. The zero-order valence-electron chi connectivity index (χ0n) is 28.8. The smallest absolute Gasteiger partial charge is 0.337 e. The van der Waals surface area contributed by atoms with Crippen molar-refractivity contribution in [3.63, 3.8) is 0 Å². The second-order valence-electron chi connectivity index (χ2n) is 14.2. The van der Waals surface area contributed by atoms with Crippen molar-refractivity contribution in [1.29, 1.82) is 0 Å². The first kappa shape index (κ1) is 33.6. The van der Waals surface area contributed by atoms with Crippen molar-refractivity contribution >= 4 is 17.4 Å². The van der Waals surface area contributed by atoms with E-state index in [2.05, 4.69) is 11.8 Å². The number of anilines is 1. The molecule has 6 bridgehead atoms. The number of piperidine rings is 1. The number of aryl methyl sites for hydroxylation is 2. The van der Waals surface area contributed by atoms with Gasteiger partial charge >= 0.3 is 5.97 Å². The number of aliphatic carboxylic acids is 1. The van der Waals surface area contributed by atoms with E-state index in [-0.39, 0.29) is 17.5 Å². The van der Waals surface area contributed by atoms with E-state index in [9.17, 15) is 9.90 Å². The number of fused-ring (bicyclic) bond motifs is 7. The Kier molecular flexibility index (Phi) is 9.08. The normalized spacial score (nSPS) is 21.5. The zero-order valence-corrected chi connectivity index (χ0v) is 28.8. The summed E-state index contributed by atoms with van der Waals surface area (Å²) < 4.78 is 36.5. The third-order valence-corrected chi connectivity index (χ3v) is 9.12. The van der Waals surface area contributed by atoms with Crippen molar-refractivity contribution < 1.29 is 28.5 Å². The molecule has 10 heteroatoms. The van der Waals surface area contributed by atoms with Crippen LogP contribution in [0.2, 0.25) is 0 Å². The Morgan fingerprint density at radius 2 is 1.83 bits per heavy atom. The molecule has 0 amide bonds. The minimum absolute atomic E-state index is 0.188. The Morgan fingerprint density at radius 1 is 1.10 bits per heavy atom. The number of halogens is 1. The number of carboxylic acid groups (broad SMARTS) is 1. The molecule has 2 aromatic heterocycles. The van der Waals surface area contributed by atoms with Gasteiger partial charge in [-0.05, 0) is 84.6 Å². The van der Waals surface area contributed by atoms with Crippen LogP contribution in [0.3, 0.4) is 0 Å². The van der Waals surface area contributed by atoms with Gasteiger partial charge in [-0.3, -0.25) is 0 Å². The van der Waals surface area contributed by atoms with Gasteiger partial charge in [0, 0.05) is 36.8 Å². The molecule has 0 aliphatic carbocycles. The number of ether oxygens (including phenoxy) is 3. The zero-order chi connectivity index (χ0) is 34.4. The van der Waals surface area contributed by atoms with E-state index in [1.54, 1.807) is 17.5 Å². The van der Waals surface area contributed by atoms with E-state index < -0.39 is 17.7 Å². The van der Waals surface area contributed by atoms with Crippen LogP contribution in [0, 0.1) is 19.7 Å². The predicted octanol–water partition coefficient (Wildman–Crippen LogP) is 7.86. The second kappa shape index (κ2) is 13.0. The number of nitrogens with zero attached hydrogens (tertiary/aromatic N) is 4. The first-order chi connectivity index (χ1) is 22.7. The van der Waals surface area contributed by atoms with Gasteiger partial charge in [-0.2, -0.15) is 9.61 Å². The van der Waals surface area contributed by atoms with Crippen LogP contribution >= 0.6 is 0 Å². The summed E-state index contributed by atoms with van der Waals surface area (Å²) >= 11 is 0. The Labute approximate surface area is 281 Å². The molecule has 0 unspecified atom stereocenters. The number of carboxylic acids is 1. The molecule has 3 aliphatic rings. The van der Waals surface area contributed by atoms with E-state index in [1.165, 1.54) is 0 Å². The van der Waals surface area contributed by atoms with Crippen LogP contribution in [0.5, 0.6) is 5.75 Å². The SMILES string of the molecule is Cc1ccc2c(c1F)-c1cccc(c1)-c1cc3nc(C)c([C@H](OC(C)(C)C)C(=O)O)c(n3n1)N1CCC(C)(CC1)OC/C=C/C[C@H](C)O2. The molecule has 5 heterocycles. The van der Waals surface area contributed by atoms with Gasteiger partial charge in [-0.1, -0.05) is 36.4 Å². The predicted molar refractivity (Wildman–Crippen MR) is 184 cm³/mol. The molecule has 1 saturated heterocycles. The molecule has 1 N–H and O–H groups in total. The third kappa shape index (κ3) is 6.82. The van der Waals surface area contributed by atoms with Crippen LogP contribution in [0.4, 0.5) is 10.2 Å². The summed E-state index contributed by atoms with van der Waals surface area (Å²) in [6, 6.07) is 13.0. The summed E-state index contributed by atoms with van der Waals surface area (Å²) in [4.78, 5) is 19.8. The molecule has 2 aromatic carbocycles. The van der Waals surface area contributed by atoms with Gasteiger partial charge in [0.05, 0.1) is 40.7 Å². The van der Waals surface area contributed by atoms with E-state index in [4.69, 9.17) is 24.3 Å². The second-order valence-corrected chi connectivity index (χ2v) is 14.2. The van der Waals surface area contributed by atoms with E-state index in [0.29, 0.717) is 77.0 Å². The molecule has 48 heavy (non-hydrogen) atoms. The quantitative estimate of drug-likeness (QED) is 0.223. The average molecular weight is 657 g/mol. The first-order valence-electron chi connectivity index (χ1n) is 16.6. The lowest BCUT2D eigenvalue weighted by molar-refractivity contribution is -0.160. The van der Waals surface area contributed by atoms with Crippen molar-refractivity contribution in [1.82, 2.24) is 14.6 Å². The molecule has 3 aliphatic heterocycles. The van der Waals surface area contributed by atoms with Crippen LogP contribution in [-0.2, 0) is 14.3 Å². The number of benzene rings is 2. The molecule has 254 valence electrons. The summed E-state index contributed by atoms with van der Waals surface area (Å²) in [5, 5.41) is 15.5. The minimum Gasteiger partial charge on any atom is -0.490 e. The van der Waals surface area contributed by atoms with Crippen LogP contribution < -0.4 is 9.64 Å². The van der Waals surface area contributed by atoms with Crippen LogP contribution in [-0.4, -0.2) is 62.7 Å². The lowest BCUT2D eigenvalue weighted by Gasteiger charge is -2.41. The fourth-order valence-corrected chi connectivity index (χ4v) is 6.52. The number of hydrogen-bond donors (Lipinski definition) is 1. The maximum atomic E-state index is 15.9. The lowest BCUT2D eigenvalue weighted by Crippen LogP contribution is -2.45. The lowest BCUT2D eigenvalue weighted by atomic mass is 9.92. The molecular formula is C38H45FN4O5. The molecule has 9 nitrogen and oxygen atoms in total. The van der Waals surface area contributed by atoms with Crippen LogP contribution in [0.15, 0.2) is 54.6 Å². The van der Waals surface area contributed by atoms with Crippen LogP contribution in [0.1, 0.15) is 76.8 Å². The molecule has 4 aromatic rings. The van der Waals surface area contributed by atoms with Crippen molar-refractivity contribution in [2.75, 3.05) is 24.6 Å². The molecule has 0 saturated carbocycles. The number of carbonyl (C=O) groups is 1.